The lowest BCUT2D eigenvalue weighted by Gasteiger charge is -1.90. The summed E-state index contributed by atoms with van der Waals surface area (Å²) in [6.07, 6.45) is 0. The van der Waals surface area contributed by atoms with Crippen molar-refractivity contribution in [3.8, 4) is 0 Å². The highest BCUT2D eigenvalue weighted by Crippen LogP contribution is 1.93. The van der Waals surface area contributed by atoms with Gasteiger partial charge in [0.05, 0.1) is 7.11 Å². The van der Waals surface area contributed by atoms with E-state index in [9.17, 15) is 13.2 Å². The summed E-state index contributed by atoms with van der Waals surface area (Å²) in [5.74, 6) is -0.856. The molecule has 7 heteroatoms. The first-order chi connectivity index (χ1) is 3.95. The van der Waals surface area contributed by atoms with Gasteiger partial charge in [-0.05, 0) is 0 Å². The van der Waals surface area contributed by atoms with Gasteiger partial charge in [-0.2, -0.15) is 0 Å². The van der Waals surface area contributed by atoms with E-state index in [4.69, 9.17) is 0 Å². The molecule has 0 bridgehead atoms. The molecule has 0 unspecified atom stereocenters. The summed E-state index contributed by atoms with van der Waals surface area (Å²) in [5, 5.41) is 0. The molecule has 0 saturated carbocycles. The Bertz CT molecular complexity index is 197. The SMILES string of the molecule is COC(=O)BS(=O)(=O)Cl. The van der Waals surface area contributed by atoms with E-state index in [0.29, 0.717) is 0 Å². The minimum atomic E-state index is -3.74. The van der Waals surface area contributed by atoms with Gasteiger partial charge in [-0.1, -0.05) is 0 Å². The average Bonchev–Trinajstić information content (AvgIpc) is 1.62. The molecule has 0 rings (SSSR count). The van der Waals surface area contributed by atoms with Crippen LogP contribution >= 0.6 is 10.7 Å². The maximum atomic E-state index is 10.1. The Balaban J connectivity index is 3.91. The van der Waals surface area contributed by atoms with Crippen molar-refractivity contribution in [3.63, 3.8) is 0 Å². The Labute approximate surface area is 57.7 Å². The molecule has 0 radical (unpaired) electrons. The lowest BCUT2D eigenvalue weighted by atomic mass is 10.1. The molecule has 0 aromatic heterocycles. The first-order valence-corrected chi connectivity index (χ1v) is 4.42. The molecule has 0 spiro atoms. The minimum Gasteiger partial charge on any atom is -0.476 e. The first kappa shape index (κ1) is 8.77. The summed E-state index contributed by atoms with van der Waals surface area (Å²) in [6, 6.07) is 0. The first-order valence-electron chi connectivity index (χ1n) is 1.95. The predicted molar refractivity (Wildman–Crippen MR) is 34.3 cm³/mol. The summed E-state index contributed by atoms with van der Waals surface area (Å²) in [5.41, 5.74) is 0. The Morgan fingerprint density at radius 2 is 2.11 bits per heavy atom. The van der Waals surface area contributed by atoms with Crippen molar-refractivity contribution < 1.29 is 17.9 Å². The molecule has 0 aromatic carbocycles. The molecule has 0 N–H and O–H groups in total. The van der Waals surface area contributed by atoms with Gasteiger partial charge >= 0.3 is 6.56 Å². The highest BCUT2D eigenvalue weighted by atomic mass is 35.7. The van der Waals surface area contributed by atoms with Crippen LogP contribution in [0.15, 0.2) is 0 Å². The zero-order valence-electron chi connectivity index (χ0n) is 4.63. The van der Waals surface area contributed by atoms with E-state index in [-0.39, 0.29) is 0 Å². The number of methoxy groups -OCH3 is 1. The summed E-state index contributed by atoms with van der Waals surface area (Å²) in [7, 11) is 2.03. The number of carbonyl (C=O) groups is 1. The van der Waals surface area contributed by atoms with E-state index in [1.54, 1.807) is 0 Å². The van der Waals surface area contributed by atoms with Crippen LogP contribution in [-0.4, -0.2) is 28.0 Å². The Morgan fingerprint density at radius 3 is 2.22 bits per heavy atom. The molecule has 0 amide bonds. The predicted octanol–water partition coefficient (Wildman–Crippen LogP) is -0.327. The van der Waals surface area contributed by atoms with Crippen molar-refractivity contribution in [3.05, 3.63) is 0 Å². The van der Waals surface area contributed by atoms with E-state index < -0.39 is 21.3 Å². The van der Waals surface area contributed by atoms with E-state index in [1.807, 2.05) is 0 Å². The van der Waals surface area contributed by atoms with Crippen molar-refractivity contribution in [1.82, 2.24) is 0 Å². The number of ether oxygens (including phenoxy) is 1. The third-order valence-electron chi connectivity index (χ3n) is 0.518. The fourth-order valence-corrected chi connectivity index (χ4v) is 0.866. The van der Waals surface area contributed by atoms with Gasteiger partial charge in [0.2, 0.25) is 0 Å². The van der Waals surface area contributed by atoms with Crippen LogP contribution in [0.2, 0.25) is 0 Å². The van der Waals surface area contributed by atoms with Crippen LogP contribution in [0.1, 0.15) is 0 Å². The average molecular weight is 170 g/mol. The van der Waals surface area contributed by atoms with Crippen LogP contribution in [-0.2, 0) is 13.6 Å². The van der Waals surface area contributed by atoms with Crippen LogP contribution in [0.3, 0.4) is 0 Å². The number of hydrogen-bond acceptors (Lipinski definition) is 4. The number of halogens is 1. The lowest BCUT2D eigenvalue weighted by molar-refractivity contribution is 0.198. The standard InChI is InChI=1S/C2H4BClO4S/c1-8-2(5)3-9(4,6)7/h3H,1H3. The molecule has 0 saturated heterocycles. The molecule has 0 aromatic rings. The van der Waals surface area contributed by atoms with Crippen LogP contribution < -0.4 is 0 Å². The number of carbonyl (C=O) groups excluding carboxylic acids is 1. The highest BCUT2D eigenvalue weighted by molar-refractivity contribution is 8.34. The van der Waals surface area contributed by atoms with Crippen molar-refractivity contribution >= 4 is 32.0 Å². The van der Waals surface area contributed by atoms with Gasteiger partial charge in [0.1, 0.15) is 0 Å². The van der Waals surface area contributed by atoms with Crippen LogP contribution in [0, 0.1) is 0 Å². The molecular weight excluding hydrogens is 166 g/mol. The molecule has 9 heavy (non-hydrogen) atoms. The molecular formula is C2H4BClO4S. The molecule has 0 aliphatic carbocycles. The van der Waals surface area contributed by atoms with E-state index >= 15 is 0 Å². The Hall–Kier alpha value is -0.225. The molecule has 52 valence electrons. The number of rotatable bonds is 2. The van der Waals surface area contributed by atoms with Gasteiger partial charge in [0, 0.05) is 10.7 Å². The van der Waals surface area contributed by atoms with Gasteiger partial charge in [0.25, 0.3) is 5.87 Å². The number of hydrogen-bond donors (Lipinski definition) is 0. The minimum absolute atomic E-state index is 0.773. The zero-order chi connectivity index (χ0) is 7.49. The van der Waals surface area contributed by atoms with Crippen LogP contribution in [0.25, 0.3) is 0 Å². The third kappa shape index (κ3) is 5.65. The fraction of sp³-hybridized carbons (Fsp3) is 0.500. The van der Waals surface area contributed by atoms with Gasteiger partial charge < -0.3 is 4.74 Å². The molecule has 0 heterocycles. The van der Waals surface area contributed by atoms with Gasteiger partial charge in [-0.3, -0.25) is 4.79 Å². The quantitative estimate of drug-likeness (QED) is 0.421. The van der Waals surface area contributed by atoms with E-state index in [0.717, 1.165) is 7.11 Å². The molecule has 0 aliphatic heterocycles. The monoisotopic (exact) mass is 170 g/mol. The van der Waals surface area contributed by atoms with Gasteiger partial charge in [-0.25, -0.2) is 8.42 Å². The maximum Gasteiger partial charge on any atom is 0.424 e. The molecule has 4 nitrogen and oxygen atoms in total. The molecule has 0 atom stereocenters. The fourth-order valence-electron chi connectivity index (χ4n) is 0.200. The second-order valence-corrected chi connectivity index (χ2v) is 4.04. The van der Waals surface area contributed by atoms with Gasteiger partial charge in [0.15, 0.2) is 8.90 Å². The summed E-state index contributed by atoms with van der Waals surface area (Å²) >= 11 is 0. The van der Waals surface area contributed by atoms with Crippen molar-refractivity contribution in [2.45, 2.75) is 0 Å². The third-order valence-corrected chi connectivity index (χ3v) is 1.43. The van der Waals surface area contributed by atoms with Crippen molar-refractivity contribution in [2.24, 2.45) is 0 Å². The van der Waals surface area contributed by atoms with Gasteiger partial charge in [-0.15, -0.1) is 0 Å². The van der Waals surface area contributed by atoms with Crippen LogP contribution in [0.5, 0.6) is 0 Å². The molecule has 0 fully saturated rings. The topological polar surface area (TPSA) is 60.4 Å². The smallest absolute Gasteiger partial charge is 0.424 e. The Kier molecular flexibility index (Phi) is 3.00. The largest absolute Gasteiger partial charge is 0.476 e. The van der Waals surface area contributed by atoms with Crippen molar-refractivity contribution in [2.75, 3.05) is 7.11 Å². The maximum absolute atomic E-state index is 10.1. The van der Waals surface area contributed by atoms with E-state index in [1.165, 1.54) is 0 Å². The van der Waals surface area contributed by atoms with Crippen molar-refractivity contribution in [1.29, 1.82) is 0 Å². The highest BCUT2D eigenvalue weighted by Gasteiger charge is 2.17. The molecule has 0 aliphatic rings. The second-order valence-electron chi connectivity index (χ2n) is 1.26. The summed E-state index contributed by atoms with van der Waals surface area (Å²) in [6.45, 7) is -0.773. The second kappa shape index (κ2) is 3.07. The lowest BCUT2D eigenvalue weighted by Crippen LogP contribution is -2.15. The normalized spacial score (nSPS) is 10.4. The summed E-state index contributed by atoms with van der Waals surface area (Å²) < 4.78 is 24.2. The summed E-state index contributed by atoms with van der Waals surface area (Å²) in [4.78, 5) is 10.1. The Morgan fingerprint density at radius 1 is 1.67 bits per heavy atom. The van der Waals surface area contributed by atoms with Crippen LogP contribution in [0.4, 0.5) is 4.79 Å². The van der Waals surface area contributed by atoms with E-state index in [2.05, 4.69) is 15.4 Å². The zero-order valence-corrected chi connectivity index (χ0v) is 6.20.